The van der Waals surface area contributed by atoms with E-state index in [0.29, 0.717) is 0 Å². The molecule has 2 N–H and O–H groups in total. The van der Waals surface area contributed by atoms with Crippen LogP contribution in [0.25, 0.3) is 0 Å². The first-order chi connectivity index (χ1) is 5.59. The van der Waals surface area contributed by atoms with Gasteiger partial charge in [0.1, 0.15) is 0 Å². The van der Waals surface area contributed by atoms with E-state index in [1.165, 1.54) is 5.56 Å². The Bertz CT molecular complexity index is 280. The Morgan fingerprint density at radius 3 is 2.92 bits per heavy atom. The van der Waals surface area contributed by atoms with Crippen molar-refractivity contribution in [3.8, 4) is 0 Å². The molecule has 0 bridgehead atoms. The van der Waals surface area contributed by atoms with Crippen LogP contribution in [0.1, 0.15) is 24.9 Å². The smallest absolute Gasteiger partial charge is 0.0701 e. The lowest BCUT2D eigenvalue weighted by atomic mass is 10.0. The predicted octanol–water partition coefficient (Wildman–Crippen LogP) is 3.48. The van der Waals surface area contributed by atoms with Gasteiger partial charge < -0.3 is 5.73 Å². The average Bonchev–Trinajstić information content (AvgIpc) is 2.34. The molecule has 0 radical (unpaired) electrons. The first-order valence-corrected chi connectivity index (χ1v) is 5.40. The molecule has 1 nitrogen and oxygen atoms in total. The Balaban J connectivity index is 2.64. The summed E-state index contributed by atoms with van der Waals surface area (Å²) < 4.78 is 1.13. The summed E-state index contributed by atoms with van der Waals surface area (Å²) in [4.78, 5) is 0. The van der Waals surface area contributed by atoms with Crippen LogP contribution in [0.3, 0.4) is 0 Å². The third-order valence-corrected chi connectivity index (χ3v) is 3.11. The molecule has 0 fully saturated rings. The molecule has 12 heavy (non-hydrogen) atoms. The van der Waals surface area contributed by atoms with Crippen LogP contribution in [0.4, 0.5) is 0 Å². The van der Waals surface area contributed by atoms with Gasteiger partial charge in [-0.1, -0.05) is 5.57 Å². The lowest BCUT2D eigenvalue weighted by Crippen LogP contribution is -2.08. The first kappa shape index (κ1) is 9.96. The van der Waals surface area contributed by atoms with E-state index in [1.54, 1.807) is 11.3 Å². The lowest BCUT2D eigenvalue weighted by Gasteiger charge is -2.08. The summed E-state index contributed by atoms with van der Waals surface area (Å²) in [7, 11) is 0. The zero-order valence-corrected chi connectivity index (χ0v) is 9.41. The number of rotatable bonds is 3. The highest BCUT2D eigenvalue weighted by molar-refractivity contribution is 9.11. The van der Waals surface area contributed by atoms with Crippen LogP contribution in [0.5, 0.6) is 0 Å². The predicted molar refractivity (Wildman–Crippen MR) is 58.4 cm³/mol. The van der Waals surface area contributed by atoms with Crippen molar-refractivity contribution in [3.63, 3.8) is 0 Å². The van der Waals surface area contributed by atoms with Gasteiger partial charge in [-0.2, -0.15) is 0 Å². The summed E-state index contributed by atoms with van der Waals surface area (Å²) in [6.07, 6.45) is 0.864. The fraction of sp³-hybridized carbons (Fsp3) is 0.333. The van der Waals surface area contributed by atoms with Crippen molar-refractivity contribution in [3.05, 3.63) is 32.9 Å². The number of thiophene rings is 1. The zero-order valence-electron chi connectivity index (χ0n) is 7.01. The minimum absolute atomic E-state index is 0.102. The quantitative estimate of drug-likeness (QED) is 0.812. The van der Waals surface area contributed by atoms with Gasteiger partial charge in [0.05, 0.1) is 3.79 Å². The monoisotopic (exact) mass is 245 g/mol. The van der Waals surface area contributed by atoms with E-state index >= 15 is 0 Å². The molecule has 1 atom stereocenters. The molecule has 1 aromatic rings. The van der Waals surface area contributed by atoms with E-state index in [2.05, 4.69) is 34.0 Å². The first-order valence-electron chi connectivity index (χ1n) is 3.73. The number of nitrogens with two attached hydrogens (primary N) is 1. The largest absolute Gasteiger partial charge is 0.324 e. The normalized spacial score (nSPS) is 12.9. The highest BCUT2D eigenvalue weighted by Gasteiger charge is 2.07. The van der Waals surface area contributed by atoms with Crippen molar-refractivity contribution in [1.29, 1.82) is 0 Å². The summed E-state index contributed by atoms with van der Waals surface area (Å²) in [5.74, 6) is 0. The molecule has 0 saturated heterocycles. The van der Waals surface area contributed by atoms with Crippen molar-refractivity contribution in [2.75, 3.05) is 0 Å². The second-order valence-electron chi connectivity index (χ2n) is 2.95. The van der Waals surface area contributed by atoms with Gasteiger partial charge in [0.2, 0.25) is 0 Å². The molecule has 0 aliphatic rings. The van der Waals surface area contributed by atoms with Gasteiger partial charge in [-0.25, -0.2) is 0 Å². The average molecular weight is 246 g/mol. The molecule has 0 aliphatic carbocycles. The molecule has 3 heteroatoms. The summed E-state index contributed by atoms with van der Waals surface area (Å²) in [5.41, 5.74) is 8.25. The number of hydrogen-bond donors (Lipinski definition) is 1. The van der Waals surface area contributed by atoms with E-state index in [1.807, 2.05) is 6.92 Å². The molecule has 1 unspecified atom stereocenters. The number of hydrogen-bond acceptors (Lipinski definition) is 2. The lowest BCUT2D eigenvalue weighted by molar-refractivity contribution is 0.720. The maximum Gasteiger partial charge on any atom is 0.0701 e. The maximum atomic E-state index is 5.93. The third kappa shape index (κ3) is 2.73. The Labute approximate surface area is 85.4 Å². The highest BCUT2D eigenvalue weighted by atomic mass is 79.9. The van der Waals surface area contributed by atoms with Gasteiger partial charge in [-0.15, -0.1) is 17.9 Å². The molecule has 1 rings (SSSR count). The van der Waals surface area contributed by atoms with Crippen LogP contribution in [-0.2, 0) is 0 Å². The minimum Gasteiger partial charge on any atom is -0.324 e. The van der Waals surface area contributed by atoms with Gasteiger partial charge in [0.25, 0.3) is 0 Å². The van der Waals surface area contributed by atoms with Crippen molar-refractivity contribution in [2.24, 2.45) is 5.73 Å². The van der Waals surface area contributed by atoms with Crippen LogP contribution in [0, 0.1) is 0 Å². The summed E-state index contributed by atoms with van der Waals surface area (Å²) in [6.45, 7) is 5.84. The number of halogens is 1. The molecule has 66 valence electrons. The van der Waals surface area contributed by atoms with Crippen LogP contribution in [0.15, 0.2) is 27.4 Å². The van der Waals surface area contributed by atoms with E-state index in [0.717, 1.165) is 15.8 Å². The van der Waals surface area contributed by atoms with E-state index < -0.39 is 0 Å². The Hall–Kier alpha value is -0.120. The van der Waals surface area contributed by atoms with E-state index in [4.69, 9.17) is 5.73 Å². The fourth-order valence-electron chi connectivity index (χ4n) is 1.01. The van der Waals surface area contributed by atoms with Crippen LogP contribution >= 0.6 is 27.3 Å². The van der Waals surface area contributed by atoms with Gasteiger partial charge in [0.15, 0.2) is 0 Å². The SMILES string of the molecule is C=C(C)CC(N)c1csc(Br)c1. The summed E-state index contributed by atoms with van der Waals surface area (Å²) in [6, 6.07) is 2.17. The van der Waals surface area contributed by atoms with Crippen LogP contribution in [0.2, 0.25) is 0 Å². The van der Waals surface area contributed by atoms with Gasteiger partial charge in [-0.05, 0) is 46.3 Å². The van der Waals surface area contributed by atoms with Gasteiger partial charge in [-0.3, -0.25) is 0 Å². The molecule has 0 spiro atoms. The minimum atomic E-state index is 0.102. The van der Waals surface area contributed by atoms with Crippen molar-refractivity contribution < 1.29 is 0 Å². The Kier molecular flexibility index (Phi) is 3.50. The third-order valence-electron chi connectivity index (χ3n) is 1.58. The second kappa shape index (κ2) is 4.21. The Morgan fingerprint density at radius 1 is 1.83 bits per heavy atom. The molecule has 1 aromatic heterocycles. The topological polar surface area (TPSA) is 26.0 Å². The molecule has 0 aromatic carbocycles. The maximum absolute atomic E-state index is 5.93. The molecular formula is C9H12BrNS. The highest BCUT2D eigenvalue weighted by Crippen LogP contribution is 2.26. The molecule has 0 aliphatic heterocycles. The summed E-state index contributed by atoms with van der Waals surface area (Å²) in [5, 5.41) is 2.08. The van der Waals surface area contributed by atoms with E-state index in [-0.39, 0.29) is 6.04 Å². The van der Waals surface area contributed by atoms with Crippen LogP contribution < -0.4 is 5.73 Å². The summed E-state index contributed by atoms with van der Waals surface area (Å²) >= 11 is 5.07. The van der Waals surface area contributed by atoms with Gasteiger partial charge in [0, 0.05) is 6.04 Å². The van der Waals surface area contributed by atoms with Crippen molar-refractivity contribution >= 4 is 27.3 Å². The molecule has 1 heterocycles. The fourth-order valence-corrected chi connectivity index (χ4v) is 2.25. The molecule has 0 saturated carbocycles. The van der Waals surface area contributed by atoms with Crippen LogP contribution in [-0.4, -0.2) is 0 Å². The second-order valence-corrected chi connectivity index (χ2v) is 5.24. The van der Waals surface area contributed by atoms with Gasteiger partial charge >= 0.3 is 0 Å². The van der Waals surface area contributed by atoms with Crippen molar-refractivity contribution in [1.82, 2.24) is 0 Å². The Morgan fingerprint density at radius 2 is 2.50 bits per heavy atom. The van der Waals surface area contributed by atoms with Crippen molar-refractivity contribution in [2.45, 2.75) is 19.4 Å². The molecule has 0 amide bonds. The zero-order chi connectivity index (χ0) is 9.14. The molecular weight excluding hydrogens is 234 g/mol. The standard InChI is InChI=1S/C9H12BrNS/c1-6(2)3-8(11)7-4-9(10)12-5-7/h4-5,8H,1,3,11H2,2H3. The van der Waals surface area contributed by atoms with E-state index in [9.17, 15) is 0 Å².